The number of para-hydroxylation sites is 1. The summed E-state index contributed by atoms with van der Waals surface area (Å²) in [7, 11) is 1.71. The molecule has 0 bridgehead atoms. The average molecular weight is 393 g/mol. The molecule has 2 aromatic rings. The number of hydrogen-bond donors (Lipinski definition) is 2. The number of hydrogen-bond acceptors (Lipinski definition) is 3. The zero-order valence-electron chi connectivity index (χ0n) is 17.1. The number of benzene rings is 2. The van der Waals surface area contributed by atoms with Gasteiger partial charge in [0.1, 0.15) is 0 Å². The summed E-state index contributed by atoms with van der Waals surface area (Å²) in [6.45, 7) is 3.84. The van der Waals surface area contributed by atoms with E-state index in [9.17, 15) is 14.4 Å². The van der Waals surface area contributed by atoms with E-state index < -0.39 is 0 Å². The maximum absolute atomic E-state index is 12.8. The highest BCUT2D eigenvalue weighted by Gasteiger charge is 2.33. The lowest BCUT2D eigenvalue weighted by Crippen LogP contribution is -2.31. The predicted octanol–water partition coefficient (Wildman–Crippen LogP) is 3.38. The summed E-state index contributed by atoms with van der Waals surface area (Å²) in [5, 5.41) is 5.73. The van der Waals surface area contributed by atoms with Crippen molar-refractivity contribution < 1.29 is 14.4 Å². The van der Waals surface area contributed by atoms with Crippen LogP contribution in [0, 0.1) is 5.92 Å². The molecule has 3 amide bonds. The Kier molecular flexibility index (Phi) is 6.32. The van der Waals surface area contributed by atoms with Crippen molar-refractivity contribution >= 4 is 29.1 Å². The predicted molar refractivity (Wildman–Crippen MR) is 114 cm³/mol. The van der Waals surface area contributed by atoms with Gasteiger partial charge in [-0.1, -0.05) is 24.3 Å². The van der Waals surface area contributed by atoms with Crippen LogP contribution in [0.2, 0.25) is 0 Å². The van der Waals surface area contributed by atoms with Gasteiger partial charge in [-0.2, -0.15) is 0 Å². The smallest absolute Gasteiger partial charge is 0.257 e. The van der Waals surface area contributed by atoms with Gasteiger partial charge < -0.3 is 15.5 Å². The maximum Gasteiger partial charge on any atom is 0.257 e. The third-order valence-corrected chi connectivity index (χ3v) is 4.79. The summed E-state index contributed by atoms with van der Waals surface area (Å²) in [6.07, 6.45) is 2.13. The first kappa shape index (κ1) is 20.6. The quantitative estimate of drug-likeness (QED) is 0.757. The Morgan fingerprint density at radius 3 is 2.31 bits per heavy atom. The van der Waals surface area contributed by atoms with E-state index in [0.29, 0.717) is 23.4 Å². The van der Waals surface area contributed by atoms with Gasteiger partial charge in [-0.05, 0) is 56.5 Å². The Hall–Kier alpha value is -3.15. The molecule has 152 valence electrons. The van der Waals surface area contributed by atoms with Gasteiger partial charge in [-0.3, -0.25) is 14.4 Å². The minimum atomic E-state index is -0.277. The lowest BCUT2D eigenvalue weighted by Gasteiger charge is -2.20. The topological polar surface area (TPSA) is 78.5 Å². The van der Waals surface area contributed by atoms with Crippen molar-refractivity contribution in [3.63, 3.8) is 0 Å². The first-order valence-electron chi connectivity index (χ1n) is 9.91. The Morgan fingerprint density at radius 1 is 1.03 bits per heavy atom. The number of rotatable bonds is 7. The first-order chi connectivity index (χ1) is 13.8. The molecule has 2 aromatic carbocycles. The molecule has 2 N–H and O–H groups in total. The number of amides is 3. The van der Waals surface area contributed by atoms with Crippen LogP contribution in [0.1, 0.15) is 42.6 Å². The van der Waals surface area contributed by atoms with Crippen molar-refractivity contribution in [2.24, 2.45) is 5.92 Å². The highest BCUT2D eigenvalue weighted by Crippen LogP contribution is 2.33. The molecule has 0 unspecified atom stereocenters. The molecule has 6 heteroatoms. The number of anilines is 2. The fraction of sp³-hybridized carbons (Fsp3) is 0.348. The zero-order valence-corrected chi connectivity index (χ0v) is 17.1. The molecule has 0 atom stereocenters. The molecule has 1 fully saturated rings. The van der Waals surface area contributed by atoms with Crippen molar-refractivity contribution in [2.75, 3.05) is 17.3 Å². The molecule has 0 radical (unpaired) electrons. The van der Waals surface area contributed by atoms with Crippen LogP contribution in [0.25, 0.3) is 0 Å². The molecule has 0 saturated heterocycles. The van der Waals surface area contributed by atoms with Crippen LogP contribution in [0.15, 0.2) is 48.5 Å². The molecule has 1 aliphatic carbocycles. The van der Waals surface area contributed by atoms with Gasteiger partial charge in [-0.15, -0.1) is 0 Å². The van der Waals surface area contributed by atoms with E-state index in [4.69, 9.17) is 0 Å². The van der Waals surface area contributed by atoms with E-state index in [-0.39, 0.29) is 29.7 Å². The van der Waals surface area contributed by atoms with Crippen LogP contribution in [-0.2, 0) is 16.0 Å². The van der Waals surface area contributed by atoms with E-state index >= 15 is 0 Å². The summed E-state index contributed by atoms with van der Waals surface area (Å²) < 4.78 is 0. The molecule has 6 nitrogen and oxygen atoms in total. The summed E-state index contributed by atoms with van der Waals surface area (Å²) in [6, 6.07) is 14.4. The minimum absolute atomic E-state index is 0.0333. The van der Waals surface area contributed by atoms with Gasteiger partial charge in [0.05, 0.1) is 17.7 Å². The van der Waals surface area contributed by atoms with E-state index in [1.165, 1.54) is 0 Å². The Morgan fingerprint density at radius 2 is 1.69 bits per heavy atom. The van der Waals surface area contributed by atoms with Crippen LogP contribution < -0.4 is 15.5 Å². The van der Waals surface area contributed by atoms with Gasteiger partial charge in [0.15, 0.2) is 0 Å². The van der Waals surface area contributed by atoms with Gasteiger partial charge >= 0.3 is 0 Å². The van der Waals surface area contributed by atoms with Crippen LogP contribution in [0.4, 0.5) is 11.4 Å². The molecule has 3 rings (SSSR count). The fourth-order valence-corrected chi connectivity index (χ4v) is 3.14. The number of nitrogens with one attached hydrogen (secondary N) is 2. The van der Waals surface area contributed by atoms with Gasteiger partial charge in [0.25, 0.3) is 5.91 Å². The van der Waals surface area contributed by atoms with Crippen LogP contribution in [0.5, 0.6) is 0 Å². The molecule has 29 heavy (non-hydrogen) atoms. The van der Waals surface area contributed by atoms with E-state index in [2.05, 4.69) is 10.6 Å². The van der Waals surface area contributed by atoms with Crippen molar-refractivity contribution in [3.8, 4) is 0 Å². The first-order valence-corrected chi connectivity index (χ1v) is 9.91. The fourth-order valence-electron chi connectivity index (χ4n) is 3.14. The van der Waals surface area contributed by atoms with Crippen molar-refractivity contribution in [2.45, 2.75) is 39.2 Å². The lowest BCUT2D eigenvalue weighted by molar-refractivity contribution is -0.121. The van der Waals surface area contributed by atoms with Crippen LogP contribution in [-0.4, -0.2) is 30.8 Å². The Balaban J connectivity index is 1.67. The highest BCUT2D eigenvalue weighted by molar-refractivity contribution is 6.10. The molecule has 0 aliphatic heterocycles. The number of nitrogens with zero attached hydrogens (tertiary/aromatic N) is 1. The van der Waals surface area contributed by atoms with Gasteiger partial charge in [0, 0.05) is 24.7 Å². The van der Waals surface area contributed by atoms with Crippen molar-refractivity contribution in [3.05, 3.63) is 59.7 Å². The molecule has 1 aliphatic rings. The summed E-state index contributed by atoms with van der Waals surface area (Å²) in [5.41, 5.74) is 2.55. The summed E-state index contributed by atoms with van der Waals surface area (Å²) in [4.78, 5) is 38.6. The van der Waals surface area contributed by atoms with E-state index in [1.54, 1.807) is 42.3 Å². The van der Waals surface area contributed by atoms with Crippen LogP contribution >= 0.6 is 0 Å². The summed E-state index contributed by atoms with van der Waals surface area (Å²) in [5.74, 6) is -0.179. The largest absolute Gasteiger partial charge is 0.354 e. The molecule has 0 spiro atoms. The second-order valence-electron chi connectivity index (χ2n) is 7.74. The minimum Gasteiger partial charge on any atom is -0.354 e. The van der Waals surface area contributed by atoms with Crippen molar-refractivity contribution in [1.82, 2.24) is 5.32 Å². The standard InChI is InChI=1S/C23H27N3O3/c1-15(2)24-21(27)14-16-8-12-18(13-9-16)25-22(28)19-6-4-5-7-20(19)26(3)23(29)17-10-11-17/h4-9,12-13,15,17H,10-11,14H2,1-3H3,(H,24,27)(H,25,28). The summed E-state index contributed by atoms with van der Waals surface area (Å²) >= 11 is 0. The highest BCUT2D eigenvalue weighted by atomic mass is 16.2. The Labute approximate surface area is 171 Å². The number of carbonyl (C=O) groups is 3. The number of carbonyl (C=O) groups excluding carboxylic acids is 3. The normalized spacial score (nSPS) is 13.1. The van der Waals surface area contributed by atoms with Gasteiger partial charge in [-0.25, -0.2) is 0 Å². The molecular formula is C23H27N3O3. The van der Waals surface area contributed by atoms with E-state index in [1.807, 2.05) is 32.0 Å². The molecular weight excluding hydrogens is 366 g/mol. The maximum atomic E-state index is 12.8. The van der Waals surface area contributed by atoms with Gasteiger partial charge in [0.2, 0.25) is 11.8 Å². The Bertz CT molecular complexity index is 902. The molecule has 0 aromatic heterocycles. The zero-order chi connectivity index (χ0) is 21.0. The van der Waals surface area contributed by atoms with Crippen molar-refractivity contribution in [1.29, 1.82) is 0 Å². The molecule has 1 saturated carbocycles. The monoisotopic (exact) mass is 393 g/mol. The van der Waals surface area contributed by atoms with Crippen LogP contribution in [0.3, 0.4) is 0 Å². The average Bonchev–Trinajstić information content (AvgIpc) is 3.53. The second kappa shape index (κ2) is 8.90. The molecule has 0 heterocycles. The third kappa shape index (κ3) is 5.44. The van der Waals surface area contributed by atoms with E-state index in [0.717, 1.165) is 18.4 Å². The SMILES string of the molecule is CC(C)NC(=O)Cc1ccc(NC(=O)c2ccccc2N(C)C(=O)C2CC2)cc1. The second-order valence-corrected chi connectivity index (χ2v) is 7.74. The third-order valence-electron chi connectivity index (χ3n) is 4.79. The lowest BCUT2D eigenvalue weighted by atomic mass is 10.1.